The number of aromatic nitrogens is 2. The second kappa shape index (κ2) is 4.67. The molecule has 0 aliphatic carbocycles. The molecule has 0 fully saturated rings. The first-order chi connectivity index (χ1) is 9.17. The molecule has 0 atom stereocenters. The van der Waals surface area contributed by atoms with Crippen molar-refractivity contribution in [3.63, 3.8) is 0 Å². The number of ether oxygens (including phenoxy) is 1. The van der Waals surface area contributed by atoms with Gasteiger partial charge >= 0.3 is 0 Å². The quantitative estimate of drug-likeness (QED) is 0.783. The fourth-order valence-electron chi connectivity index (χ4n) is 1.99. The number of benzene rings is 1. The lowest BCUT2D eigenvalue weighted by atomic mass is 10.1. The van der Waals surface area contributed by atoms with Crippen LogP contribution >= 0.6 is 15.9 Å². The molecule has 1 aromatic carbocycles. The lowest BCUT2D eigenvalue weighted by Gasteiger charge is -2.18. The van der Waals surface area contributed by atoms with Crippen LogP contribution in [0.1, 0.15) is 5.69 Å². The minimum Gasteiger partial charge on any atom is -0.482 e. The van der Waals surface area contributed by atoms with Crippen molar-refractivity contribution >= 4 is 27.5 Å². The molecule has 6 nitrogen and oxygen atoms in total. The summed E-state index contributed by atoms with van der Waals surface area (Å²) in [7, 11) is 0. The van der Waals surface area contributed by atoms with Gasteiger partial charge in [0, 0.05) is 12.1 Å². The number of nitrogens with zero attached hydrogens (tertiary/aromatic N) is 1. The number of hydrogen-bond donors (Lipinski definition) is 3. The molecule has 0 bridgehead atoms. The summed E-state index contributed by atoms with van der Waals surface area (Å²) in [5, 5.41) is 2.77. The number of rotatable bonds is 2. The van der Waals surface area contributed by atoms with E-state index in [0.29, 0.717) is 22.7 Å². The summed E-state index contributed by atoms with van der Waals surface area (Å²) in [5.41, 5.74) is 8.78. The van der Waals surface area contributed by atoms with E-state index in [1.165, 1.54) is 0 Å². The van der Waals surface area contributed by atoms with Crippen molar-refractivity contribution in [3.05, 3.63) is 28.6 Å². The molecule has 1 amide bonds. The molecule has 0 spiro atoms. The van der Waals surface area contributed by atoms with Gasteiger partial charge in [-0.25, -0.2) is 4.98 Å². The Morgan fingerprint density at radius 3 is 3.11 bits per heavy atom. The Kier molecular flexibility index (Phi) is 3.00. The molecule has 0 unspecified atom stereocenters. The van der Waals surface area contributed by atoms with Gasteiger partial charge in [0.25, 0.3) is 5.91 Å². The number of H-pyrrole nitrogens is 1. The standard InChI is InChI=1S/C12H11BrN4O2/c13-12-16-8(4-14)11(17-12)6-1-2-9-7(3-6)15-10(18)5-19-9/h1-3H,4-5,14H2,(H,15,18)(H,16,17). The van der Waals surface area contributed by atoms with E-state index < -0.39 is 0 Å². The van der Waals surface area contributed by atoms with Gasteiger partial charge < -0.3 is 20.8 Å². The predicted octanol–water partition coefficient (Wildman–Crippen LogP) is 1.63. The fraction of sp³-hybridized carbons (Fsp3) is 0.167. The number of fused-ring (bicyclic) bond motifs is 1. The first-order valence-electron chi connectivity index (χ1n) is 5.69. The molecule has 19 heavy (non-hydrogen) atoms. The van der Waals surface area contributed by atoms with Crippen LogP contribution in [0.15, 0.2) is 22.9 Å². The lowest BCUT2D eigenvalue weighted by molar-refractivity contribution is -0.118. The normalized spacial score (nSPS) is 13.7. The Balaban J connectivity index is 2.06. The highest BCUT2D eigenvalue weighted by Gasteiger charge is 2.18. The summed E-state index contributed by atoms with van der Waals surface area (Å²) >= 11 is 3.29. The number of imidazole rings is 1. The number of aromatic amines is 1. The van der Waals surface area contributed by atoms with Gasteiger partial charge in [0.15, 0.2) is 11.3 Å². The monoisotopic (exact) mass is 322 g/mol. The van der Waals surface area contributed by atoms with Crippen molar-refractivity contribution in [2.24, 2.45) is 5.73 Å². The molecule has 1 aromatic heterocycles. The lowest BCUT2D eigenvalue weighted by Crippen LogP contribution is -2.25. The van der Waals surface area contributed by atoms with E-state index in [4.69, 9.17) is 10.5 Å². The molecule has 4 N–H and O–H groups in total. The van der Waals surface area contributed by atoms with E-state index in [-0.39, 0.29) is 12.5 Å². The summed E-state index contributed by atoms with van der Waals surface area (Å²) in [6.07, 6.45) is 0. The topological polar surface area (TPSA) is 93.0 Å². The first-order valence-corrected chi connectivity index (χ1v) is 6.48. The molecule has 2 heterocycles. The van der Waals surface area contributed by atoms with Crippen LogP contribution in [0, 0.1) is 0 Å². The van der Waals surface area contributed by atoms with Gasteiger partial charge in [0.2, 0.25) is 0 Å². The van der Waals surface area contributed by atoms with E-state index in [9.17, 15) is 4.79 Å². The second-order valence-electron chi connectivity index (χ2n) is 4.11. The zero-order chi connectivity index (χ0) is 13.4. The van der Waals surface area contributed by atoms with E-state index in [2.05, 4.69) is 31.2 Å². The minimum absolute atomic E-state index is 0.0499. The van der Waals surface area contributed by atoms with Gasteiger partial charge in [-0.1, -0.05) is 0 Å². The third-order valence-corrected chi connectivity index (χ3v) is 3.22. The number of hydrogen-bond acceptors (Lipinski definition) is 4. The largest absolute Gasteiger partial charge is 0.482 e. The number of halogens is 1. The Morgan fingerprint density at radius 1 is 1.47 bits per heavy atom. The summed E-state index contributed by atoms with van der Waals surface area (Å²) in [6, 6.07) is 5.53. The molecular weight excluding hydrogens is 312 g/mol. The summed E-state index contributed by atoms with van der Waals surface area (Å²) < 4.78 is 5.94. The number of amides is 1. The van der Waals surface area contributed by atoms with Gasteiger partial charge in [-0.2, -0.15) is 0 Å². The van der Waals surface area contributed by atoms with Gasteiger partial charge in [-0.15, -0.1) is 0 Å². The van der Waals surface area contributed by atoms with Gasteiger partial charge in [-0.3, -0.25) is 4.79 Å². The van der Waals surface area contributed by atoms with E-state index in [1.807, 2.05) is 18.2 Å². The van der Waals surface area contributed by atoms with Crippen molar-refractivity contribution < 1.29 is 9.53 Å². The van der Waals surface area contributed by atoms with Crippen LogP contribution in [0.5, 0.6) is 5.75 Å². The zero-order valence-electron chi connectivity index (χ0n) is 9.87. The van der Waals surface area contributed by atoms with Crippen LogP contribution in [0.25, 0.3) is 11.3 Å². The van der Waals surface area contributed by atoms with Crippen LogP contribution < -0.4 is 15.8 Å². The number of nitrogens with two attached hydrogens (primary N) is 1. The fourth-order valence-corrected chi connectivity index (χ4v) is 2.41. The van der Waals surface area contributed by atoms with Gasteiger partial charge in [-0.05, 0) is 34.1 Å². The SMILES string of the molecule is NCc1[nH]c(Br)nc1-c1ccc2c(c1)NC(=O)CO2. The van der Waals surface area contributed by atoms with Gasteiger partial charge in [0.05, 0.1) is 17.1 Å². The molecule has 2 aromatic rings. The van der Waals surface area contributed by atoms with Crippen LogP contribution in [-0.4, -0.2) is 22.5 Å². The summed E-state index contributed by atoms with van der Waals surface area (Å²) in [6.45, 7) is 0.405. The van der Waals surface area contributed by atoms with E-state index in [0.717, 1.165) is 17.0 Å². The molecule has 0 radical (unpaired) electrons. The van der Waals surface area contributed by atoms with Crippen LogP contribution in [-0.2, 0) is 11.3 Å². The molecular formula is C12H11BrN4O2. The third kappa shape index (κ3) is 2.22. The van der Waals surface area contributed by atoms with Crippen LogP contribution in [0.2, 0.25) is 0 Å². The Hall–Kier alpha value is -1.86. The summed E-state index contributed by atoms with van der Waals surface area (Å²) in [5.74, 6) is 0.499. The molecule has 98 valence electrons. The highest BCUT2D eigenvalue weighted by molar-refractivity contribution is 9.10. The average Bonchev–Trinajstić information content (AvgIpc) is 2.79. The zero-order valence-corrected chi connectivity index (χ0v) is 11.5. The maximum atomic E-state index is 11.3. The van der Waals surface area contributed by atoms with E-state index >= 15 is 0 Å². The molecule has 0 saturated heterocycles. The molecule has 1 aliphatic heterocycles. The maximum absolute atomic E-state index is 11.3. The number of carbonyl (C=O) groups is 1. The molecule has 7 heteroatoms. The smallest absolute Gasteiger partial charge is 0.262 e. The summed E-state index contributed by atoms with van der Waals surface area (Å²) in [4.78, 5) is 18.7. The van der Waals surface area contributed by atoms with Crippen molar-refractivity contribution in [1.29, 1.82) is 0 Å². The van der Waals surface area contributed by atoms with Crippen LogP contribution in [0.3, 0.4) is 0 Å². The Bertz CT molecular complexity index is 653. The second-order valence-corrected chi connectivity index (χ2v) is 4.86. The van der Waals surface area contributed by atoms with Gasteiger partial charge in [0.1, 0.15) is 5.75 Å². The minimum atomic E-state index is -0.160. The molecule has 0 saturated carbocycles. The molecule has 1 aliphatic rings. The van der Waals surface area contributed by atoms with E-state index in [1.54, 1.807) is 0 Å². The highest BCUT2D eigenvalue weighted by atomic mass is 79.9. The Morgan fingerprint density at radius 2 is 2.32 bits per heavy atom. The number of anilines is 1. The average molecular weight is 323 g/mol. The van der Waals surface area contributed by atoms with Crippen molar-refractivity contribution in [2.75, 3.05) is 11.9 Å². The number of carbonyl (C=O) groups excluding carboxylic acids is 1. The number of nitrogens with one attached hydrogen (secondary N) is 2. The van der Waals surface area contributed by atoms with Crippen molar-refractivity contribution in [1.82, 2.24) is 9.97 Å². The molecule has 3 rings (SSSR count). The maximum Gasteiger partial charge on any atom is 0.262 e. The van der Waals surface area contributed by atoms with Crippen LogP contribution in [0.4, 0.5) is 5.69 Å². The first kappa shape index (κ1) is 12.2. The Labute approximate surface area is 117 Å². The van der Waals surface area contributed by atoms with Crippen molar-refractivity contribution in [3.8, 4) is 17.0 Å². The predicted molar refractivity (Wildman–Crippen MR) is 73.7 cm³/mol. The third-order valence-electron chi connectivity index (χ3n) is 2.84. The van der Waals surface area contributed by atoms with Crippen molar-refractivity contribution in [2.45, 2.75) is 6.54 Å². The highest BCUT2D eigenvalue weighted by Crippen LogP contribution is 2.33.